The van der Waals surface area contributed by atoms with Crippen LogP contribution in [0.2, 0.25) is 0 Å². The van der Waals surface area contributed by atoms with E-state index in [1.165, 1.54) is 14.0 Å². The first-order valence-electron chi connectivity index (χ1n) is 5.01. The van der Waals surface area contributed by atoms with Crippen molar-refractivity contribution in [1.82, 2.24) is 10.6 Å². The molecule has 0 aromatic rings. The van der Waals surface area contributed by atoms with E-state index in [9.17, 15) is 9.59 Å². The summed E-state index contributed by atoms with van der Waals surface area (Å²) < 4.78 is 0. The van der Waals surface area contributed by atoms with Gasteiger partial charge < -0.3 is 22.1 Å². The van der Waals surface area contributed by atoms with Crippen molar-refractivity contribution in [3.63, 3.8) is 0 Å². The first-order valence-corrected chi connectivity index (χ1v) is 5.01. The number of amides is 2. The van der Waals surface area contributed by atoms with Gasteiger partial charge in [-0.05, 0) is 12.8 Å². The summed E-state index contributed by atoms with van der Waals surface area (Å²) in [6.45, 7) is 1.81. The quantitative estimate of drug-likeness (QED) is 0.246. The molecule has 0 aromatic heterocycles. The van der Waals surface area contributed by atoms with Crippen molar-refractivity contribution in [1.29, 1.82) is 0 Å². The monoisotopic (exact) mass is 229 g/mol. The van der Waals surface area contributed by atoms with Crippen LogP contribution in [0.15, 0.2) is 4.99 Å². The number of guanidine groups is 1. The summed E-state index contributed by atoms with van der Waals surface area (Å²) in [5.74, 6) is -0.439. The first-order chi connectivity index (χ1) is 7.47. The second-order valence-corrected chi connectivity index (χ2v) is 3.32. The Labute approximate surface area is 94.7 Å². The van der Waals surface area contributed by atoms with Crippen molar-refractivity contribution >= 4 is 17.8 Å². The average Bonchev–Trinajstić information content (AvgIpc) is 2.20. The lowest BCUT2D eigenvalue weighted by atomic mass is 10.1. The molecule has 92 valence electrons. The van der Waals surface area contributed by atoms with Gasteiger partial charge in [-0.25, -0.2) is 0 Å². The highest BCUT2D eigenvalue weighted by atomic mass is 16.2. The number of nitrogens with zero attached hydrogens (tertiary/aromatic N) is 1. The Balaban J connectivity index is 4.07. The van der Waals surface area contributed by atoms with Gasteiger partial charge in [-0.2, -0.15) is 0 Å². The molecule has 0 fully saturated rings. The van der Waals surface area contributed by atoms with Crippen LogP contribution in [0, 0.1) is 0 Å². The SMILES string of the molecule is CNC(=O)[C@@H](CCCN=C(N)N)NC(C)=O. The fraction of sp³-hybridized carbons (Fsp3) is 0.667. The maximum atomic E-state index is 11.4. The van der Waals surface area contributed by atoms with E-state index < -0.39 is 6.04 Å². The summed E-state index contributed by atoms with van der Waals surface area (Å²) in [5.41, 5.74) is 10.3. The summed E-state index contributed by atoms with van der Waals surface area (Å²) in [5, 5.41) is 5.04. The number of nitrogens with two attached hydrogens (primary N) is 2. The van der Waals surface area contributed by atoms with Gasteiger partial charge in [-0.3, -0.25) is 14.6 Å². The molecular weight excluding hydrogens is 210 g/mol. The van der Waals surface area contributed by atoms with E-state index in [0.29, 0.717) is 19.4 Å². The zero-order valence-corrected chi connectivity index (χ0v) is 9.62. The fourth-order valence-corrected chi connectivity index (χ4v) is 1.19. The smallest absolute Gasteiger partial charge is 0.242 e. The van der Waals surface area contributed by atoms with E-state index in [4.69, 9.17) is 11.5 Å². The molecule has 0 rings (SSSR count). The topological polar surface area (TPSA) is 123 Å². The molecule has 2 amide bonds. The fourth-order valence-electron chi connectivity index (χ4n) is 1.19. The predicted molar refractivity (Wildman–Crippen MR) is 61.6 cm³/mol. The van der Waals surface area contributed by atoms with Crippen LogP contribution < -0.4 is 22.1 Å². The van der Waals surface area contributed by atoms with Crippen LogP contribution in [0.25, 0.3) is 0 Å². The zero-order chi connectivity index (χ0) is 12.6. The Hall–Kier alpha value is -1.79. The summed E-state index contributed by atoms with van der Waals surface area (Å²) in [6.07, 6.45) is 1.12. The van der Waals surface area contributed by atoms with Gasteiger partial charge in [0.1, 0.15) is 6.04 Å². The van der Waals surface area contributed by atoms with Crippen LogP contribution in [0.4, 0.5) is 0 Å². The molecule has 0 saturated heterocycles. The van der Waals surface area contributed by atoms with Gasteiger partial charge in [0.25, 0.3) is 0 Å². The van der Waals surface area contributed by atoms with Crippen LogP contribution in [0.5, 0.6) is 0 Å². The molecule has 0 unspecified atom stereocenters. The zero-order valence-electron chi connectivity index (χ0n) is 9.62. The Kier molecular flexibility index (Phi) is 6.66. The maximum Gasteiger partial charge on any atom is 0.242 e. The van der Waals surface area contributed by atoms with Crippen LogP contribution in [-0.2, 0) is 9.59 Å². The molecule has 0 aliphatic rings. The standard InChI is InChI=1S/C9H19N5O2/c1-6(15)14-7(8(16)12-2)4-3-5-13-9(10)11/h7H,3-5H2,1-2H3,(H,12,16)(H,14,15)(H4,10,11,13)/t7-/m1/s1. The van der Waals surface area contributed by atoms with Gasteiger partial charge >= 0.3 is 0 Å². The molecule has 0 bridgehead atoms. The third kappa shape index (κ3) is 6.63. The third-order valence-electron chi connectivity index (χ3n) is 1.89. The Morgan fingerprint density at radius 2 is 2.00 bits per heavy atom. The van der Waals surface area contributed by atoms with E-state index >= 15 is 0 Å². The third-order valence-corrected chi connectivity index (χ3v) is 1.89. The minimum atomic E-state index is -0.531. The van der Waals surface area contributed by atoms with E-state index in [-0.39, 0.29) is 17.8 Å². The summed E-state index contributed by atoms with van der Waals surface area (Å²) in [7, 11) is 1.52. The van der Waals surface area contributed by atoms with Crippen LogP contribution in [0.3, 0.4) is 0 Å². The number of hydrogen-bond acceptors (Lipinski definition) is 3. The van der Waals surface area contributed by atoms with Gasteiger partial charge in [0.15, 0.2) is 5.96 Å². The molecule has 0 radical (unpaired) electrons. The number of carbonyl (C=O) groups is 2. The van der Waals surface area contributed by atoms with Crippen LogP contribution >= 0.6 is 0 Å². The summed E-state index contributed by atoms with van der Waals surface area (Å²) >= 11 is 0. The van der Waals surface area contributed by atoms with Gasteiger partial charge in [0.05, 0.1) is 0 Å². The normalized spacial score (nSPS) is 11.4. The van der Waals surface area contributed by atoms with Gasteiger partial charge in [0.2, 0.25) is 11.8 Å². The van der Waals surface area contributed by atoms with E-state index in [1.54, 1.807) is 0 Å². The molecule has 0 aliphatic heterocycles. The van der Waals surface area contributed by atoms with Crippen molar-refractivity contribution in [2.75, 3.05) is 13.6 Å². The second-order valence-electron chi connectivity index (χ2n) is 3.32. The summed E-state index contributed by atoms with van der Waals surface area (Å²) in [6, 6.07) is -0.531. The minimum Gasteiger partial charge on any atom is -0.370 e. The molecule has 6 N–H and O–H groups in total. The highest BCUT2D eigenvalue weighted by Gasteiger charge is 2.16. The lowest BCUT2D eigenvalue weighted by Crippen LogP contribution is -2.44. The Bertz CT molecular complexity index is 273. The van der Waals surface area contributed by atoms with Gasteiger partial charge in [-0.1, -0.05) is 0 Å². The van der Waals surface area contributed by atoms with Crippen molar-refractivity contribution < 1.29 is 9.59 Å². The average molecular weight is 229 g/mol. The molecule has 0 aromatic carbocycles. The number of hydrogen-bond donors (Lipinski definition) is 4. The molecule has 0 aliphatic carbocycles. The maximum absolute atomic E-state index is 11.4. The van der Waals surface area contributed by atoms with Crippen LogP contribution in [-0.4, -0.2) is 37.4 Å². The largest absolute Gasteiger partial charge is 0.370 e. The highest BCUT2D eigenvalue weighted by molar-refractivity contribution is 5.86. The highest BCUT2D eigenvalue weighted by Crippen LogP contribution is 1.98. The summed E-state index contributed by atoms with van der Waals surface area (Å²) in [4.78, 5) is 26.0. The molecule has 7 heteroatoms. The molecule has 7 nitrogen and oxygen atoms in total. The van der Waals surface area contributed by atoms with Crippen molar-refractivity contribution in [3.05, 3.63) is 0 Å². The van der Waals surface area contributed by atoms with E-state index in [2.05, 4.69) is 15.6 Å². The van der Waals surface area contributed by atoms with E-state index in [1.807, 2.05) is 0 Å². The number of nitrogens with one attached hydrogen (secondary N) is 2. The number of carbonyl (C=O) groups excluding carboxylic acids is 2. The molecule has 16 heavy (non-hydrogen) atoms. The Morgan fingerprint density at radius 1 is 1.38 bits per heavy atom. The Morgan fingerprint density at radius 3 is 2.44 bits per heavy atom. The van der Waals surface area contributed by atoms with Crippen molar-refractivity contribution in [3.8, 4) is 0 Å². The van der Waals surface area contributed by atoms with E-state index in [0.717, 1.165) is 0 Å². The molecule has 1 atom stereocenters. The van der Waals surface area contributed by atoms with Gasteiger partial charge in [-0.15, -0.1) is 0 Å². The predicted octanol–water partition coefficient (Wildman–Crippen LogP) is -1.71. The molecule has 0 heterocycles. The lowest BCUT2D eigenvalue weighted by molar-refractivity contribution is -0.127. The van der Waals surface area contributed by atoms with Gasteiger partial charge in [0, 0.05) is 20.5 Å². The molecule has 0 spiro atoms. The van der Waals surface area contributed by atoms with Crippen molar-refractivity contribution in [2.24, 2.45) is 16.5 Å². The number of rotatable bonds is 6. The molecular formula is C9H19N5O2. The van der Waals surface area contributed by atoms with Crippen LogP contribution in [0.1, 0.15) is 19.8 Å². The minimum absolute atomic E-state index is 0.0241. The first kappa shape index (κ1) is 14.2. The molecule has 0 saturated carbocycles. The second kappa shape index (κ2) is 7.49. The lowest BCUT2D eigenvalue weighted by Gasteiger charge is -2.15. The number of aliphatic imine (C=N–C) groups is 1. The van der Waals surface area contributed by atoms with Crippen molar-refractivity contribution in [2.45, 2.75) is 25.8 Å². The number of likely N-dealkylation sites (N-methyl/N-ethyl adjacent to an activating group) is 1.